The number of rotatable bonds is 4. The Balaban J connectivity index is 1.75. The van der Waals surface area contributed by atoms with E-state index in [0.717, 1.165) is 5.69 Å². The van der Waals surface area contributed by atoms with Gasteiger partial charge < -0.3 is 15.1 Å². The molecular formula is C12H17N3O3. The zero-order chi connectivity index (χ0) is 13.0. The maximum absolute atomic E-state index is 11.9. The van der Waals surface area contributed by atoms with Gasteiger partial charge in [0.15, 0.2) is 6.39 Å². The van der Waals surface area contributed by atoms with E-state index in [1.807, 2.05) is 0 Å². The highest BCUT2D eigenvalue weighted by Gasteiger charge is 2.25. The number of nitrogens with two attached hydrogens (primary N) is 1. The van der Waals surface area contributed by atoms with Gasteiger partial charge in [-0.2, -0.15) is 0 Å². The summed E-state index contributed by atoms with van der Waals surface area (Å²) in [5.74, 6) is -0.241. The predicted molar refractivity (Wildman–Crippen MR) is 63.3 cm³/mol. The summed E-state index contributed by atoms with van der Waals surface area (Å²) in [5.41, 5.74) is 6.04. The molecule has 2 heterocycles. The van der Waals surface area contributed by atoms with Crippen molar-refractivity contribution in [3.8, 4) is 0 Å². The number of aromatic nitrogens is 1. The molecule has 0 aliphatic carbocycles. The Bertz CT molecular complexity index is 408. The van der Waals surface area contributed by atoms with E-state index in [2.05, 4.69) is 4.98 Å². The Morgan fingerprint density at radius 3 is 2.72 bits per heavy atom. The van der Waals surface area contributed by atoms with Crippen molar-refractivity contribution in [3.05, 3.63) is 18.4 Å². The normalized spacial score (nSPS) is 16.8. The van der Waals surface area contributed by atoms with Crippen LogP contribution in [0.4, 0.5) is 0 Å². The van der Waals surface area contributed by atoms with Crippen LogP contribution in [0, 0.1) is 5.92 Å². The summed E-state index contributed by atoms with van der Waals surface area (Å²) in [7, 11) is 0. The van der Waals surface area contributed by atoms with Crippen molar-refractivity contribution in [2.75, 3.05) is 13.1 Å². The molecule has 1 fully saturated rings. The third-order valence-electron chi connectivity index (χ3n) is 3.33. The van der Waals surface area contributed by atoms with Crippen molar-refractivity contribution in [2.45, 2.75) is 25.7 Å². The first-order valence-corrected chi connectivity index (χ1v) is 6.11. The summed E-state index contributed by atoms with van der Waals surface area (Å²) in [5, 5.41) is 0. The van der Waals surface area contributed by atoms with Crippen molar-refractivity contribution in [3.63, 3.8) is 0 Å². The number of hydrogen-bond acceptors (Lipinski definition) is 4. The second-order valence-corrected chi connectivity index (χ2v) is 4.54. The number of primary amides is 1. The quantitative estimate of drug-likeness (QED) is 0.835. The van der Waals surface area contributed by atoms with E-state index < -0.39 is 0 Å². The third-order valence-corrected chi connectivity index (χ3v) is 3.33. The Labute approximate surface area is 105 Å². The molecule has 0 atom stereocenters. The molecule has 2 N–H and O–H groups in total. The topological polar surface area (TPSA) is 89.4 Å². The molecule has 6 nitrogen and oxygen atoms in total. The molecule has 1 aromatic rings. The van der Waals surface area contributed by atoms with Gasteiger partial charge in [-0.1, -0.05) is 0 Å². The highest BCUT2D eigenvalue weighted by Crippen LogP contribution is 2.17. The molecule has 0 aromatic carbocycles. The van der Waals surface area contributed by atoms with Crippen LogP contribution in [0.15, 0.2) is 17.1 Å². The van der Waals surface area contributed by atoms with Crippen LogP contribution in [-0.2, 0) is 16.0 Å². The molecule has 18 heavy (non-hydrogen) atoms. The highest BCUT2D eigenvalue weighted by molar-refractivity contribution is 5.78. The minimum absolute atomic E-state index is 0.0791. The number of amides is 2. The van der Waals surface area contributed by atoms with Crippen molar-refractivity contribution in [1.29, 1.82) is 0 Å². The fourth-order valence-corrected chi connectivity index (χ4v) is 2.17. The van der Waals surface area contributed by atoms with Crippen LogP contribution in [0.3, 0.4) is 0 Å². The molecule has 98 valence electrons. The maximum Gasteiger partial charge on any atom is 0.222 e. The molecule has 2 rings (SSSR count). The Morgan fingerprint density at radius 2 is 2.17 bits per heavy atom. The van der Waals surface area contributed by atoms with Crippen LogP contribution in [0.25, 0.3) is 0 Å². The molecule has 1 aromatic heterocycles. The Hall–Kier alpha value is -1.85. The fraction of sp³-hybridized carbons (Fsp3) is 0.583. The van der Waals surface area contributed by atoms with E-state index in [1.165, 1.54) is 6.39 Å². The average Bonchev–Trinajstić information content (AvgIpc) is 2.89. The van der Waals surface area contributed by atoms with Crippen LogP contribution in [0.1, 0.15) is 25.0 Å². The fourth-order valence-electron chi connectivity index (χ4n) is 2.17. The molecule has 0 saturated carbocycles. The maximum atomic E-state index is 11.9. The molecule has 1 saturated heterocycles. The van der Waals surface area contributed by atoms with Crippen LogP contribution in [0.5, 0.6) is 0 Å². The van der Waals surface area contributed by atoms with E-state index in [1.54, 1.807) is 11.2 Å². The van der Waals surface area contributed by atoms with Gasteiger partial charge in [0.1, 0.15) is 6.26 Å². The number of piperidine rings is 1. The van der Waals surface area contributed by atoms with Crippen LogP contribution < -0.4 is 5.73 Å². The van der Waals surface area contributed by atoms with E-state index in [-0.39, 0.29) is 17.7 Å². The van der Waals surface area contributed by atoms with Gasteiger partial charge in [0.25, 0.3) is 0 Å². The zero-order valence-electron chi connectivity index (χ0n) is 10.2. The lowest BCUT2D eigenvalue weighted by Gasteiger charge is -2.30. The van der Waals surface area contributed by atoms with Gasteiger partial charge in [-0.05, 0) is 12.8 Å². The second kappa shape index (κ2) is 5.66. The summed E-state index contributed by atoms with van der Waals surface area (Å²) in [6, 6.07) is 0. The minimum atomic E-state index is -0.260. The molecule has 2 amide bonds. The van der Waals surface area contributed by atoms with Gasteiger partial charge in [-0.15, -0.1) is 0 Å². The van der Waals surface area contributed by atoms with Crippen molar-refractivity contribution in [1.82, 2.24) is 9.88 Å². The highest BCUT2D eigenvalue weighted by atomic mass is 16.3. The van der Waals surface area contributed by atoms with Gasteiger partial charge in [0, 0.05) is 31.8 Å². The van der Waals surface area contributed by atoms with Crippen molar-refractivity contribution < 1.29 is 14.0 Å². The number of carbonyl (C=O) groups is 2. The summed E-state index contributed by atoms with van der Waals surface area (Å²) in [4.78, 5) is 28.7. The van der Waals surface area contributed by atoms with Gasteiger partial charge in [-0.3, -0.25) is 9.59 Å². The number of nitrogens with zero attached hydrogens (tertiary/aromatic N) is 2. The van der Waals surface area contributed by atoms with Gasteiger partial charge in [0.05, 0.1) is 5.69 Å². The van der Waals surface area contributed by atoms with E-state index >= 15 is 0 Å². The summed E-state index contributed by atoms with van der Waals surface area (Å²) in [6.07, 6.45) is 5.26. The number of likely N-dealkylation sites (tertiary alicyclic amines) is 1. The summed E-state index contributed by atoms with van der Waals surface area (Å²) < 4.78 is 4.85. The van der Waals surface area contributed by atoms with Crippen molar-refractivity contribution >= 4 is 11.8 Å². The second-order valence-electron chi connectivity index (χ2n) is 4.54. The molecular weight excluding hydrogens is 234 g/mol. The third kappa shape index (κ3) is 3.09. The average molecular weight is 251 g/mol. The zero-order valence-corrected chi connectivity index (χ0v) is 10.2. The standard InChI is InChI=1S/C12H17N3O3/c13-12(17)9-3-5-15(6-4-9)11(16)2-1-10-7-18-8-14-10/h7-9H,1-6H2,(H2,13,17). The van der Waals surface area contributed by atoms with E-state index in [4.69, 9.17) is 10.2 Å². The lowest BCUT2D eigenvalue weighted by Crippen LogP contribution is -2.41. The lowest BCUT2D eigenvalue weighted by molar-refractivity contribution is -0.134. The summed E-state index contributed by atoms with van der Waals surface area (Å²) >= 11 is 0. The summed E-state index contributed by atoms with van der Waals surface area (Å²) in [6.45, 7) is 1.23. The number of hydrogen-bond donors (Lipinski definition) is 1. The first-order chi connectivity index (χ1) is 8.66. The smallest absolute Gasteiger partial charge is 0.222 e. The monoisotopic (exact) mass is 251 g/mol. The minimum Gasteiger partial charge on any atom is -0.451 e. The van der Waals surface area contributed by atoms with Crippen LogP contribution >= 0.6 is 0 Å². The number of oxazole rings is 1. The molecule has 0 bridgehead atoms. The van der Waals surface area contributed by atoms with E-state index in [0.29, 0.717) is 38.8 Å². The van der Waals surface area contributed by atoms with Gasteiger partial charge >= 0.3 is 0 Å². The Kier molecular flexibility index (Phi) is 3.96. The molecule has 0 unspecified atom stereocenters. The van der Waals surface area contributed by atoms with Crippen LogP contribution in [0.2, 0.25) is 0 Å². The van der Waals surface area contributed by atoms with Gasteiger partial charge in [0.2, 0.25) is 11.8 Å². The molecule has 6 heteroatoms. The molecule has 1 aliphatic rings. The van der Waals surface area contributed by atoms with E-state index in [9.17, 15) is 9.59 Å². The number of carbonyl (C=O) groups excluding carboxylic acids is 2. The number of aryl methyl sites for hydroxylation is 1. The predicted octanol–water partition coefficient (Wildman–Crippen LogP) is 0.331. The van der Waals surface area contributed by atoms with Gasteiger partial charge in [-0.25, -0.2) is 4.98 Å². The SMILES string of the molecule is NC(=O)C1CCN(C(=O)CCc2cocn2)CC1. The lowest BCUT2D eigenvalue weighted by atomic mass is 9.96. The molecule has 1 aliphatic heterocycles. The Morgan fingerprint density at radius 1 is 1.44 bits per heavy atom. The van der Waals surface area contributed by atoms with Crippen molar-refractivity contribution in [2.24, 2.45) is 11.7 Å². The first kappa shape index (κ1) is 12.6. The van der Waals surface area contributed by atoms with Crippen LogP contribution in [-0.4, -0.2) is 34.8 Å². The molecule has 0 spiro atoms. The molecule has 0 radical (unpaired) electrons. The largest absolute Gasteiger partial charge is 0.451 e. The first-order valence-electron chi connectivity index (χ1n) is 6.11.